The van der Waals surface area contributed by atoms with Crippen LogP contribution in [-0.2, 0) is 17.9 Å². The standard InChI is InChI=1S/C27H24BrClN2O5/c1-33-22-9-6-18(24(12-22)34-2)15-31-27(32)20(14-30)10-19-11-25(35-3)26(13-23(19)28)36-16-17-4-7-21(29)8-5-17/h4-13H,15-16H2,1-3H3,(H,31,32)/b20-10+. The zero-order chi connectivity index (χ0) is 26.1. The summed E-state index contributed by atoms with van der Waals surface area (Å²) in [5.74, 6) is 1.65. The third kappa shape index (κ3) is 6.94. The molecule has 3 aromatic carbocycles. The van der Waals surface area contributed by atoms with Gasteiger partial charge in [-0.2, -0.15) is 5.26 Å². The van der Waals surface area contributed by atoms with Gasteiger partial charge < -0.3 is 24.3 Å². The predicted octanol–water partition coefficient (Wildman–Crippen LogP) is 5.93. The van der Waals surface area contributed by atoms with E-state index in [4.69, 9.17) is 30.5 Å². The number of methoxy groups -OCH3 is 3. The topological polar surface area (TPSA) is 89.8 Å². The molecule has 7 nitrogen and oxygen atoms in total. The van der Waals surface area contributed by atoms with Gasteiger partial charge in [0, 0.05) is 27.7 Å². The molecular weight excluding hydrogens is 548 g/mol. The molecule has 0 aliphatic rings. The van der Waals surface area contributed by atoms with E-state index in [1.165, 1.54) is 20.3 Å². The molecule has 1 N–H and O–H groups in total. The van der Waals surface area contributed by atoms with Crippen LogP contribution in [0.5, 0.6) is 23.0 Å². The van der Waals surface area contributed by atoms with E-state index >= 15 is 0 Å². The second kappa shape index (κ2) is 12.9. The van der Waals surface area contributed by atoms with Crippen LogP contribution in [0.15, 0.2) is 64.6 Å². The van der Waals surface area contributed by atoms with Crippen LogP contribution in [0.25, 0.3) is 6.08 Å². The number of amides is 1. The van der Waals surface area contributed by atoms with E-state index in [2.05, 4.69) is 21.2 Å². The Balaban J connectivity index is 1.75. The highest BCUT2D eigenvalue weighted by atomic mass is 79.9. The Hall–Kier alpha value is -3.67. The number of benzene rings is 3. The van der Waals surface area contributed by atoms with Gasteiger partial charge in [-0.3, -0.25) is 4.79 Å². The summed E-state index contributed by atoms with van der Waals surface area (Å²) in [5, 5.41) is 13.0. The SMILES string of the molecule is COc1ccc(CNC(=O)/C(C#N)=C/c2cc(OC)c(OCc3ccc(Cl)cc3)cc2Br)c(OC)c1. The number of carbonyl (C=O) groups excluding carboxylic acids is 1. The minimum Gasteiger partial charge on any atom is -0.497 e. The fraction of sp³-hybridized carbons (Fsp3) is 0.185. The monoisotopic (exact) mass is 570 g/mol. The minimum atomic E-state index is -0.524. The normalized spacial score (nSPS) is 10.8. The summed E-state index contributed by atoms with van der Waals surface area (Å²) in [6, 6.07) is 18.0. The van der Waals surface area contributed by atoms with Crippen LogP contribution in [0.1, 0.15) is 16.7 Å². The molecule has 0 aliphatic carbocycles. The van der Waals surface area contributed by atoms with Crippen molar-refractivity contribution in [2.45, 2.75) is 13.2 Å². The predicted molar refractivity (Wildman–Crippen MR) is 141 cm³/mol. The third-order valence-corrected chi connectivity index (χ3v) is 6.13. The Morgan fingerprint density at radius 1 is 1.00 bits per heavy atom. The summed E-state index contributed by atoms with van der Waals surface area (Å²) in [7, 11) is 4.62. The van der Waals surface area contributed by atoms with Gasteiger partial charge in [0.05, 0.1) is 21.3 Å². The lowest BCUT2D eigenvalue weighted by Crippen LogP contribution is -2.24. The van der Waals surface area contributed by atoms with Crippen molar-refractivity contribution >= 4 is 39.5 Å². The van der Waals surface area contributed by atoms with Crippen LogP contribution < -0.4 is 24.3 Å². The number of halogens is 2. The number of nitrogens with zero attached hydrogens (tertiary/aromatic N) is 1. The van der Waals surface area contributed by atoms with Gasteiger partial charge in [0.2, 0.25) is 0 Å². The molecule has 36 heavy (non-hydrogen) atoms. The molecule has 3 rings (SSSR count). The molecule has 0 radical (unpaired) electrons. The number of nitrogens with one attached hydrogen (secondary N) is 1. The Morgan fingerprint density at radius 2 is 1.72 bits per heavy atom. The van der Waals surface area contributed by atoms with E-state index in [1.807, 2.05) is 18.2 Å². The number of hydrogen-bond acceptors (Lipinski definition) is 6. The van der Waals surface area contributed by atoms with E-state index in [-0.39, 0.29) is 12.1 Å². The minimum absolute atomic E-state index is 0.0694. The second-order valence-corrected chi connectivity index (χ2v) is 8.76. The summed E-state index contributed by atoms with van der Waals surface area (Å²) in [6.45, 7) is 0.489. The first kappa shape index (κ1) is 26.9. The highest BCUT2D eigenvalue weighted by Crippen LogP contribution is 2.35. The zero-order valence-electron chi connectivity index (χ0n) is 19.9. The molecule has 0 spiro atoms. The van der Waals surface area contributed by atoms with Crippen molar-refractivity contribution in [2.75, 3.05) is 21.3 Å². The first-order valence-electron chi connectivity index (χ1n) is 10.7. The lowest BCUT2D eigenvalue weighted by Gasteiger charge is -2.13. The maximum atomic E-state index is 12.7. The van der Waals surface area contributed by atoms with Crippen LogP contribution in [0.2, 0.25) is 5.02 Å². The van der Waals surface area contributed by atoms with Crippen molar-refractivity contribution in [3.05, 3.63) is 86.4 Å². The van der Waals surface area contributed by atoms with Crippen molar-refractivity contribution in [1.82, 2.24) is 5.32 Å². The van der Waals surface area contributed by atoms with E-state index < -0.39 is 5.91 Å². The van der Waals surface area contributed by atoms with Crippen molar-refractivity contribution < 1.29 is 23.7 Å². The summed E-state index contributed by atoms with van der Waals surface area (Å²) in [4.78, 5) is 12.7. The van der Waals surface area contributed by atoms with Gasteiger partial charge in [0.1, 0.15) is 29.7 Å². The molecule has 1 amide bonds. The molecule has 0 atom stereocenters. The molecule has 0 fully saturated rings. The van der Waals surface area contributed by atoms with Gasteiger partial charge in [-0.25, -0.2) is 0 Å². The Labute approximate surface area is 223 Å². The Bertz CT molecular complexity index is 1300. The molecule has 0 heterocycles. The third-order valence-electron chi connectivity index (χ3n) is 5.19. The average Bonchev–Trinajstić information content (AvgIpc) is 2.90. The maximum Gasteiger partial charge on any atom is 0.262 e. The van der Waals surface area contributed by atoms with Gasteiger partial charge in [0.15, 0.2) is 11.5 Å². The molecule has 186 valence electrons. The van der Waals surface area contributed by atoms with Crippen molar-refractivity contribution in [2.24, 2.45) is 0 Å². The highest BCUT2D eigenvalue weighted by Gasteiger charge is 2.15. The van der Waals surface area contributed by atoms with E-state index in [1.54, 1.807) is 49.6 Å². The average molecular weight is 572 g/mol. The number of hydrogen-bond donors (Lipinski definition) is 1. The quantitative estimate of drug-likeness (QED) is 0.240. The fourth-order valence-corrected chi connectivity index (χ4v) is 3.81. The number of ether oxygens (including phenoxy) is 4. The fourth-order valence-electron chi connectivity index (χ4n) is 3.25. The van der Waals surface area contributed by atoms with E-state index in [0.29, 0.717) is 44.7 Å². The molecule has 0 aromatic heterocycles. The number of nitriles is 1. The van der Waals surface area contributed by atoms with Gasteiger partial charge >= 0.3 is 0 Å². The van der Waals surface area contributed by atoms with E-state index in [9.17, 15) is 10.1 Å². The second-order valence-electron chi connectivity index (χ2n) is 7.47. The molecule has 9 heteroatoms. The highest BCUT2D eigenvalue weighted by molar-refractivity contribution is 9.10. The largest absolute Gasteiger partial charge is 0.497 e. The zero-order valence-corrected chi connectivity index (χ0v) is 22.3. The summed E-state index contributed by atoms with van der Waals surface area (Å²) < 4.78 is 22.6. The van der Waals surface area contributed by atoms with Crippen LogP contribution >= 0.6 is 27.5 Å². The lowest BCUT2D eigenvalue weighted by molar-refractivity contribution is -0.117. The smallest absolute Gasteiger partial charge is 0.262 e. The van der Waals surface area contributed by atoms with E-state index in [0.717, 1.165) is 11.1 Å². The van der Waals surface area contributed by atoms with Crippen LogP contribution in [0.3, 0.4) is 0 Å². The molecule has 0 saturated carbocycles. The Morgan fingerprint density at radius 3 is 2.36 bits per heavy atom. The molecular formula is C27H24BrClN2O5. The van der Waals surface area contributed by atoms with Crippen molar-refractivity contribution in [3.8, 4) is 29.1 Å². The summed E-state index contributed by atoms with van der Waals surface area (Å²) >= 11 is 9.43. The summed E-state index contributed by atoms with van der Waals surface area (Å²) in [6.07, 6.45) is 1.48. The molecule has 0 aliphatic heterocycles. The van der Waals surface area contributed by atoms with Crippen molar-refractivity contribution in [3.63, 3.8) is 0 Å². The van der Waals surface area contributed by atoms with Gasteiger partial charge in [-0.15, -0.1) is 0 Å². The number of rotatable bonds is 10. The number of carbonyl (C=O) groups is 1. The first-order valence-corrected chi connectivity index (χ1v) is 11.9. The van der Waals surface area contributed by atoms with Crippen LogP contribution in [0.4, 0.5) is 0 Å². The first-order chi connectivity index (χ1) is 17.4. The lowest BCUT2D eigenvalue weighted by atomic mass is 10.1. The molecule has 0 saturated heterocycles. The van der Waals surface area contributed by atoms with Crippen LogP contribution in [-0.4, -0.2) is 27.2 Å². The van der Waals surface area contributed by atoms with Crippen molar-refractivity contribution in [1.29, 1.82) is 5.26 Å². The van der Waals surface area contributed by atoms with Gasteiger partial charge in [-0.05, 0) is 53.6 Å². The molecule has 0 unspecified atom stereocenters. The summed E-state index contributed by atoms with van der Waals surface area (Å²) in [5.41, 5.74) is 2.20. The van der Waals surface area contributed by atoms with Crippen LogP contribution in [0, 0.1) is 11.3 Å². The maximum absolute atomic E-state index is 12.7. The van der Waals surface area contributed by atoms with Gasteiger partial charge in [-0.1, -0.05) is 39.7 Å². The Kier molecular flexibility index (Phi) is 9.62. The molecule has 0 bridgehead atoms. The molecule has 3 aromatic rings. The van der Waals surface area contributed by atoms with Gasteiger partial charge in [0.25, 0.3) is 5.91 Å².